The van der Waals surface area contributed by atoms with Crippen molar-refractivity contribution in [1.82, 2.24) is 19.7 Å². The van der Waals surface area contributed by atoms with Crippen molar-refractivity contribution in [2.24, 2.45) is 0 Å². The van der Waals surface area contributed by atoms with Crippen molar-refractivity contribution in [3.8, 4) is 28.7 Å². The van der Waals surface area contributed by atoms with Crippen LogP contribution in [-0.2, 0) is 20.5 Å². The maximum Gasteiger partial charge on any atom is 0.416 e. The average Bonchev–Trinajstić information content (AvgIpc) is 3.57. The first-order chi connectivity index (χ1) is 24.0. The second-order valence-corrected chi connectivity index (χ2v) is 14.1. The van der Waals surface area contributed by atoms with Crippen LogP contribution in [0.3, 0.4) is 0 Å². The molecule has 1 amide bonds. The number of halogens is 3. The fourth-order valence-electron chi connectivity index (χ4n) is 5.41. The van der Waals surface area contributed by atoms with Gasteiger partial charge in [0.2, 0.25) is 6.23 Å². The van der Waals surface area contributed by atoms with Crippen LogP contribution in [0.2, 0.25) is 0 Å². The van der Waals surface area contributed by atoms with Gasteiger partial charge in [-0.05, 0) is 73.7 Å². The Balaban J connectivity index is 1.54. The number of amides is 1. The summed E-state index contributed by atoms with van der Waals surface area (Å²) in [6, 6.07) is 23.3. The van der Waals surface area contributed by atoms with Crippen LogP contribution in [0.25, 0.3) is 22.6 Å². The lowest BCUT2D eigenvalue weighted by Gasteiger charge is -2.33. The molecule has 0 aliphatic rings. The fraction of sp³-hybridized carbons (Fsp3) is 0.222. The molecule has 15 heteroatoms. The number of nitriles is 1. The molecule has 2 heterocycles. The van der Waals surface area contributed by atoms with Crippen molar-refractivity contribution >= 4 is 16.0 Å². The zero-order valence-corrected chi connectivity index (χ0v) is 28.9. The van der Waals surface area contributed by atoms with Gasteiger partial charge in [0, 0.05) is 29.9 Å². The van der Waals surface area contributed by atoms with Crippen LogP contribution in [0.15, 0.2) is 107 Å². The van der Waals surface area contributed by atoms with E-state index < -0.39 is 39.6 Å². The Bertz CT molecular complexity index is 2270. The summed E-state index contributed by atoms with van der Waals surface area (Å²) in [6.45, 7) is 1.43. The van der Waals surface area contributed by atoms with Gasteiger partial charge in [0.15, 0.2) is 0 Å². The number of nitrogens with one attached hydrogen (secondary N) is 1. The zero-order chi connectivity index (χ0) is 37.1. The van der Waals surface area contributed by atoms with Gasteiger partial charge < -0.3 is 9.80 Å². The number of alkyl halides is 3. The molecule has 11 nitrogen and oxygen atoms in total. The lowest BCUT2D eigenvalue weighted by Crippen LogP contribution is -2.49. The molecule has 0 spiro atoms. The van der Waals surface area contributed by atoms with Gasteiger partial charge in [-0.25, -0.2) is 8.86 Å². The number of pyridine rings is 1. The molecular formula is C36H34F3N6O5S+. The van der Waals surface area contributed by atoms with E-state index in [1.54, 1.807) is 76.6 Å². The zero-order valence-electron chi connectivity index (χ0n) is 28.0. The van der Waals surface area contributed by atoms with Crippen molar-refractivity contribution < 1.29 is 35.0 Å². The average molecular weight is 720 g/mol. The van der Waals surface area contributed by atoms with E-state index in [0.29, 0.717) is 22.5 Å². The summed E-state index contributed by atoms with van der Waals surface area (Å²) in [4.78, 5) is 27.7. The molecule has 0 radical (unpaired) electrons. The van der Waals surface area contributed by atoms with Crippen molar-refractivity contribution in [3.63, 3.8) is 0 Å². The highest BCUT2D eigenvalue weighted by molar-refractivity contribution is 7.86. The van der Waals surface area contributed by atoms with Gasteiger partial charge in [-0.15, -0.1) is 0 Å². The normalized spacial score (nSPS) is 12.7. The minimum atomic E-state index is -4.70. The van der Waals surface area contributed by atoms with E-state index >= 15 is 0 Å². The number of carbonyl (C=O) groups excluding carboxylic acids is 1. The topological polar surface area (TPSA) is 136 Å². The van der Waals surface area contributed by atoms with Crippen LogP contribution in [0.5, 0.6) is 0 Å². The first-order valence-corrected chi connectivity index (χ1v) is 17.0. The molecule has 1 N–H and O–H groups in total. The molecule has 1 unspecified atom stereocenters. The van der Waals surface area contributed by atoms with Crippen LogP contribution in [-0.4, -0.2) is 67.1 Å². The number of rotatable bonds is 11. The Labute approximate surface area is 292 Å². The lowest BCUT2D eigenvalue weighted by atomic mass is 10.0. The molecule has 0 fully saturated rings. The standard InChI is InChI=1S/C36H33F3N6O5S/c1-24-30(32-17-20-42-44(32)27-15-13-25(23-40)14-16-27)22-31(35(47)43(24)28-10-8-9-26(21-28)36(37,38)39)34(46)41-19-18-33(45(2,3)4)50-51(48,49)29-11-6-5-7-12-29/h5-17,20-22,33H,18-19H2,1-4H3/p+1. The van der Waals surface area contributed by atoms with Crippen LogP contribution in [0.1, 0.15) is 33.6 Å². The summed E-state index contributed by atoms with van der Waals surface area (Å²) < 4.78 is 75.4. The Morgan fingerprint density at radius 2 is 1.67 bits per heavy atom. The van der Waals surface area contributed by atoms with E-state index in [2.05, 4.69) is 10.4 Å². The van der Waals surface area contributed by atoms with E-state index in [4.69, 9.17) is 4.18 Å². The quantitative estimate of drug-likeness (QED) is 0.109. The van der Waals surface area contributed by atoms with Crippen molar-refractivity contribution in [2.75, 3.05) is 27.7 Å². The fourth-order valence-corrected chi connectivity index (χ4v) is 6.65. The number of aromatic nitrogens is 3. The van der Waals surface area contributed by atoms with Gasteiger partial charge in [-0.3, -0.25) is 14.2 Å². The summed E-state index contributed by atoms with van der Waals surface area (Å²) in [5.41, 5.74) is -0.416. The summed E-state index contributed by atoms with van der Waals surface area (Å²) in [5.74, 6) is -0.836. The second-order valence-electron chi connectivity index (χ2n) is 12.5. The third kappa shape index (κ3) is 8.09. The molecule has 51 heavy (non-hydrogen) atoms. The third-order valence-corrected chi connectivity index (χ3v) is 9.42. The van der Waals surface area contributed by atoms with Gasteiger partial charge in [0.05, 0.1) is 60.8 Å². The van der Waals surface area contributed by atoms with Crippen molar-refractivity contribution in [2.45, 2.75) is 30.6 Å². The lowest BCUT2D eigenvalue weighted by molar-refractivity contribution is -0.915. The summed E-state index contributed by atoms with van der Waals surface area (Å²) in [7, 11) is 1.02. The van der Waals surface area contributed by atoms with Crippen LogP contribution in [0.4, 0.5) is 13.2 Å². The molecule has 264 valence electrons. The molecular weight excluding hydrogens is 685 g/mol. The van der Waals surface area contributed by atoms with Gasteiger partial charge >= 0.3 is 16.3 Å². The number of hydrogen-bond donors (Lipinski definition) is 1. The summed E-state index contributed by atoms with van der Waals surface area (Å²) in [6.07, 6.45) is -4.13. The summed E-state index contributed by atoms with van der Waals surface area (Å²) >= 11 is 0. The van der Waals surface area contributed by atoms with Crippen LogP contribution >= 0.6 is 0 Å². The second kappa shape index (κ2) is 14.4. The highest BCUT2D eigenvalue weighted by Crippen LogP contribution is 2.32. The van der Waals surface area contributed by atoms with Gasteiger partial charge in [0.1, 0.15) is 5.56 Å². The van der Waals surface area contributed by atoms with Gasteiger partial charge in [0.25, 0.3) is 11.5 Å². The number of hydrogen-bond acceptors (Lipinski definition) is 7. The maximum atomic E-state index is 14.0. The minimum Gasteiger partial charge on any atom is -0.352 e. The molecule has 5 rings (SSSR count). The minimum absolute atomic E-state index is 0.0211. The van der Waals surface area contributed by atoms with E-state index in [-0.39, 0.29) is 39.3 Å². The highest BCUT2D eigenvalue weighted by atomic mass is 32.2. The van der Waals surface area contributed by atoms with E-state index in [1.165, 1.54) is 41.2 Å². The molecule has 5 aromatic rings. The number of quaternary nitrogens is 1. The van der Waals surface area contributed by atoms with E-state index in [0.717, 1.165) is 16.7 Å². The molecule has 0 aliphatic carbocycles. The van der Waals surface area contributed by atoms with Gasteiger partial charge in [-0.1, -0.05) is 24.3 Å². The Kier molecular flexibility index (Phi) is 10.3. The number of nitrogens with zero attached hydrogens (tertiary/aromatic N) is 5. The predicted octanol–water partition coefficient (Wildman–Crippen LogP) is 5.45. The predicted molar refractivity (Wildman–Crippen MR) is 183 cm³/mol. The van der Waals surface area contributed by atoms with Crippen LogP contribution < -0.4 is 10.9 Å². The number of carbonyl (C=O) groups is 1. The molecule has 1 atom stereocenters. The van der Waals surface area contributed by atoms with Gasteiger partial charge in [-0.2, -0.15) is 31.9 Å². The molecule has 3 aromatic carbocycles. The largest absolute Gasteiger partial charge is 0.416 e. The van der Waals surface area contributed by atoms with E-state index in [1.807, 2.05) is 6.07 Å². The maximum absolute atomic E-state index is 14.0. The highest BCUT2D eigenvalue weighted by Gasteiger charge is 2.33. The monoisotopic (exact) mass is 719 g/mol. The molecule has 0 saturated heterocycles. The number of benzene rings is 3. The molecule has 2 aromatic heterocycles. The first-order valence-electron chi connectivity index (χ1n) is 15.6. The Hall–Kier alpha value is -5.56. The first kappa shape index (κ1) is 36.7. The van der Waals surface area contributed by atoms with Crippen molar-refractivity contribution in [3.05, 3.63) is 130 Å². The Morgan fingerprint density at radius 1 is 0.980 bits per heavy atom. The third-order valence-electron chi connectivity index (χ3n) is 8.09. The SMILES string of the molecule is Cc1c(-c2ccnn2-c2ccc(C#N)cc2)cc(C(=O)NCCC(OS(=O)(=O)c2ccccc2)[N+](C)(C)C)c(=O)n1-c1cccc(C(F)(F)F)c1. The molecule has 0 saturated carbocycles. The van der Waals surface area contributed by atoms with Crippen LogP contribution in [0, 0.1) is 18.3 Å². The Morgan fingerprint density at radius 3 is 2.29 bits per heavy atom. The van der Waals surface area contributed by atoms with E-state index in [9.17, 15) is 36.4 Å². The molecule has 0 bridgehead atoms. The van der Waals surface area contributed by atoms with Crippen molar-refractivity contribution in [1.29, 1.82) is 5.26 Å². The smallest absolute Gasteiger partial charge is 0.352 e. The summed E-state index contributed by atoms with van der Waals surface area (Å²) in [5, 5.41) is 16.3. The molecule has 0 aliphatic heterocycles.